The molecule has 2 aromatic carbocycles. The van der Waals surface area contributed by atoms with Gasteiger partial charge in [0.15, 0.2) is 0 Å². The maximum absolute atomic E-state index is 13.5. The number of methoxy groups -OCH3 is 1. The van der Waals surface area contributed by atoms with Crippen LogP contribution in [-0.4, -0.2) is 84.9 Å². The number of urea groups is 2. The molecule has 4 N–H and O–H groups in total. The first-order valence-corrected chi connectivity index (χ1v) is 15.1. The van der Waals surface area contributed by atoms with E-state index in [0.717, 1.165) is 25.7 Å². The van der Waals surface area contributed by atoms with Crippen molar-refractivity contribution in [3.63, 3.8) is 0 Å². The standard InChI is InChI=1S/C32H45N5O6/c1-21-18-37(22(2)20-38)30(39)17-23-16-26(34-31(40)33-25-10-13-27(42-4)14-11-25)12-15-28(23)43-29(21)19-36(3)32(41)35-24-8-6-5-7-9-24/h10-16,21-22,24,29,38H,5-9,17-20H2,1-4H3,(H,35,41)(H2,33,34,40)/t21-,22+,29+/m1/s1. The van der Waals surface area contributed by atoms with E-state index >= 15 is 0 Å². The maximum atomic E-state index is 13.5. The summed E-state index contributed by atoms with van der Waals surface area (Å²) in [5, 5.41) is 18.7. The zero-order chi connectivity index (χ0) is 30.9. The summed E-state index contributed by atoms with van der Waals surface area (Å²) >= 11 is 0. The lowest BCUT2D eigenvalue weighted by Gasteiger charge is -2.34. The molecule has 2 aromatic rings. The van der Waals surface area contributed by atoms with Crippen molar-refractivity contribution in [1.29, 1.82) is 0 Å². The van der Waals surface area contributed by atoms with Crippen molar-refractivity contribution >= 4 is 29.3 Å². The third kappa shape index (κ3) is 8.76. The average Bonchev–Trinajstić information content (AvgIpc) is 3.04. The third-order valence-corrected chi connectivity index (χ3v) is 8.26. The van der Waals surface area contributed by atoms with E-state index in [-0.39, 0.29) is 43.0 Å². The molecular formula is C32H45N5O6. The Balaban J connectivity index is 1.52. The van der Waals surface area contributed by atoms with Gasteiger partial charge in [-0.3, -0.25) is 4.79 Å². The predicted molar refractivity (Wildman–Crippen MR) is 166 cm³/mol. The number of ether oxygens (including phenoxy) is 2. The average molecular weight is 596 g/mol. The molecule has 0 radical (unpaired) electrons. The Kier molecular flexibility index (Phi) is 11.1. The maximum Gasteiger partial charge on any atom is 0.323 e. The number of benzene rings is 2. The van der Waals surface area contributed by atoms with Crippen LogP contribution in [0.5, 0.6) is 11.5 Å². The zero-order valence-electron chi connectivity index (χ0n) is 25.6. The second kappa shape index (κ2) is 15.0. The fourth-order valence-electron chi connectivity index (χ4n) is 5.58. The normalized spacial score (nSPS) is 19.9. The van der Waals surface area contributed by atoms with E-state index in [9.17, 15) is 19.5 Å². The Morgan fingerprint density at radius 1 is 1.09 bits per heavy atom. The van der Waals surface area contributed by atoms with E-state index in [2.05, 4.69) is 16.0 Å². The Labute approximate surface area is 253 Å². The molecule has 0 spiro atoms. The number of aliphatic hydroxyl groups excluding tert-OH is 1. The fourth-order valence-corrected chi connectivity index (χ4v) is 5.58. The van der Waals surface area contributed by atoms with E-state index in [4.69, 9.17) is 9.47 Å². The van der Waals surface area contributed by atoms with E-state index in [1.54, 1.807) is 66.4 Å². The van der Waals surface area contributed by atoms with Crippen LogP contribution in [0.25, 0.3) is 0 Å². The van der Waals surface area contributed by atoms with Crippen LogP contribution in [0.15, 0.2) is 42.5 Å². The number of hydrogen-bond acceptors (Lipinski definition) is 6. The first-order valence-electron chi connectivity index (χ1n) is 15.1. The number of carbonyl (C=O) groups is 3. The van der Waals surface area contributed by atoms with Gasteiger partial charge in [-0.2, -0.15) is 0 Å². The van der Waals surface area contributed by atoms with Crippen molar-refractivity contribution in [2.75, 3.05) is 44.5 Å². The Morgan fingerprint density at radius 3 is 2.44 bits per heavy atom. The summed E-state index contributed by atoms with van der Waals surface area (Å²) in [4.78, 5) is 42.6. The van der Waals surface area contributed by atoms with Gasteiger partial charge in [0, 0.05) is 42.5 Å². The molecule has 0 unspecified atom stereocenters. The lowest BCUT2D eigenvalue weighted by molar-refractivity contribution is -0.134. The summed E-state index contributed by atoms with van der Waals surface area (Å²) in [6.07, 6.45) is 5.06. The summed E-state index contributed by atoms with van der Waals surface area (Å²) in [7, 11) is 3.33. The number of anilines is 2. The lowest BCUT2D eigenvalue weighted by atomic mass is 9.96. The number of likely N-dealkylation sites (N-methyl/N-ethyl adjacent to an activating group) is 1. The summed E-state index contributed by atoms with van der Waals surface area (Å²) in [5.74, 6) is 0.913. The molecular weight excluding hydrogens is 550 g/mol. The van der Waals surface area contributed by atoms with Crippen LogP contribution in [-0.2, 0) is 11.2 Å². The number of nitrogens with one attached hydrogen (secondary N) is 3. The molecule has 1 heterocycles. The van der Waals surface area contributed by atoms with Gasteiger partial charge in [0.2, 0.25) is 5.91 Å². The van der Waals surface area contributed by atoms with Crippen molar-refractivity contribution in [1.82, 2.24) is 15.1 Å². The Bertz CT molecular complexity index is 1250. The smallest absolute Gasteiger partial charge is 0.323 e. The SMILES string of the molecule is COc1ccc(NC(=O)Nc2ccc3c(c2)CC(=O)N([C@@H](C)CO)C[C@@H](C)[C@H](CN(C)C(=O)NC2CCCCC2)O3)cc1. The minimum Gasteiger partial charge on any atom is -0.497 e. The summed E-state index contributed by atoms with van der Waals surface area (Å²) < 4.78 is 11.7. The minimum atomic E-state index is -0.437. The fraction of sp³-hybridized carbons (Fsp3) is 0.531. The monoisotopic (exact) mass is 595 g/mol. The molecule has 234 valence electrons. The summed E-state index contributed by atoms with van der Waals surface area (Å²) in [6, 6.07) is 11.4. The molecule has 0 aromatic heterocycles. The molecule has 0 saturated heterocycles. The van der Waals surface area contributed by atoms with Crippen molar-refractivity contribution in [3.8, 4) is 11.5 Å². The second-order valence-electron chi connectivity index (χ2n) is 11.7. The molecule has 11 heteroatoms. The van der Waals surface area contributed by atoms with Gasteiger partial charge in [-0.1, -0.05) is 26.2 Å². The number of hydrogen-bond donors (Lipinski definition) is 4. The topological polar surface area (TPSA) is 132 Å². The van der Waals surface area contributed by atoms with Crippen molar-refractivity contribution in [2.24, 2.45) is 5.92 Å². The third-order valence-electron chi connectivity index (χ3n) is 8.26. The molecule has 4 rings (SSSR count). The summed E-state index contributed by atoms with van der Waals surface area (Å²) in [6.45, 7) is 4.32. The van der Waals surface area contributed by atoms with Gasteiger partial charge < -0.3 is 40.3 Å². The van der Waals surface area contributed by atoms with Crippen LogP contribution in [0.1, 0.15) is 51.5 Å². The molecule has 1 aliphatic heterocycles. The second-order valence-corrected chi connectivity index (χ2v) is 11.7. The highest BCUT2D eigenvalue weighted by Gasteiger charge is 2.32. The van der Waals surface area contributed by atoms with Gasteiger partial charge in [-0.05, 0) is 62.2 Å². The number of aliphatic hydroxyl groups is 1. The van der Waals surface area contributed by atoms with Crippen LogP contribution < -0.4 is 25.4 Å². The van der Waals surface area contributed by atoms with Crippen LogP contribution in [0.3, 0.4) is 0 Å². The highest BCUT2D eigenvalue weighted by atomic mass is 16.5. The van der Waals surface area contributed by atoms with Gasteiger partial charge in [0.1, 0.15) is 17.6 Å². The molecule has 1 fully saturated rings. The van der Waals surface area contributed by atoms with Gasteiger partial charge in [0.05, 0.1) is 32.7 Å². The first-order chi connectivity index (χ1) is 20.7. The summed E-state index contributed by atoms with van der Waals surface area (Å²) in [5.41, 5.74) is 1.70. The Morgan fingerprint density at radius 2 is 1.77 bits per heavy atom. The molecule has 1 saturated carbocycles. The highest BCUT2D eigenvalue weighted by Crippen LogP contribution is 2.29. The molecule has 11 nitrogen and oxygen atoms in total. The van der Waals surface area contributed by atoms with Gasteiger partial charge in [0.25, 0.3) is 0 Å². The van der Waals surface area contributed by atoms with Gasteiger partial charge in [-0.25, -0.2) is 9.59 Å². The van der Waals surface area contributed by atoms with Crippen molar-refractivity contribution in [2.45, 2.75) is 70.6 Å². The molecule has 43 heavy (non-hydrogen) atoms. The minimum absolute atomic E-state index is 0.0345. The highest BCUT2D eigenvalue weighted by molar-refractivity contribution is 6.00. The predicted octanol–water partition coefficient (Wildman–Crippen LogP) is 4.46. The van der Waals surface area contributed by atoms with Gasteiger partial charge in [-0.15, -0.1) is 0 Å². The van der Waals surface area contributed by atoms with Crippen LogP contribution >= 0.6 is 0 Å². The molecule has 1 aliphatic carbocycles. The molecule has 0 bridgehead atoms. The molecule has 2 aliphatic rings. The number of rotatable bonds is 8. The van der Waals surface area contributed by atoms with Crippen LogP contribution in [0.4, 0.5) is 21.0 Å². The van der Waals surface area contributed by atoms with Crippen molar-refractivity contribution < 1.29 is 29.0 Å². The van der Waals surface area contributed by atoms with Crippen molar-refractivity contribution in [3.05, 3.63) is 48.0 Å². The van der Waals surface area contributed by atoms with Crippen LogP contribution in [0.2, 0.25) is 0 Å². The number of nitrogens with zero attached hydrogens (tertiary/aromatic N) is 2. The zero-order valence-corrected chi connectivity index (χ0v) is 25.6. The van der Waals surface area contributed by atoms with E-state index in [1.807, 2.05) is 13.8 Å². The largest absolute Gasteiger partial charge is 0.497 e. The van der Waals surface area contributed by atoms with Crippen LogP contribution in [0, 0.1) is 5.92 Å². The quantitative estimate of drug-likeness (QED) is 0.356. The van der Waals surface area contributed by atoms with E-state index in [0.29, 0.717) is 41.5 Å². The first kappa shape index (κ1) is 31.9. The number of fused-ring (bicyclic) bond motifs is 1. The number of amides is 5. The number of carbonyl (C=O) groups excluding carboxylic acids is 3. The van der Waals surface area contributed by atoms with E-state index < -0.39 is 12.1 Å². The molecule has 5 amide bonds. The van der Waals surface area contributed by atoms with Gasteiger partial charge >= 0.3 is 12.1 Å². The Hall–Kier alpha value is -3.99. The molecule has 3 atom stereocenters. The van der Waals surface area contributed by atoms with E-state index in [1.165, 1.54) is 6.42 Å². The lowest BCUT2D eigenvalue weighted by Crippen LogP contribution is -2.50.